The predicted molar refractivity (Wildman–Crippen MR) is 121 cm³/mol. The fraction of sp³-hybridized carbons (Fsp3) is 0.400. The number of nitrogens with one attached hydrogen (secondary N) is 1. The molecule has 11 heteroatoms. The first-order valence-electron chi connectivity index (χ1n) is 9.76. The maximum absolute atomic E-state index is 12.6. The number of amides is 2. The van der Waals surface area contributed by atoms with Crippen molar-refractivity contribution in [3.63, 3.8) is 0 Å². The molecule has 1 aliphatic rings. The van der Waals surface area contributed by atoms with Crippen molar-refractivity contribution in [2.75, 3.05) is 13.1 Å². The molecule has 0 atom stereocenters. The van der Waals surface area contributed by atoms with Crippen molar-refractivity contribution in [3.05, 3.63) is 44.8 Å². The predicted octanol–water partition coefficient (Wildman–Crippen LogP) is 3.34. The van der Waals surface area contributed by atoms with Crippen molar-refractivity contribution in [3.8, 4) is 0 Å². The Bertz CT molecular complexity index is 903. The molecule has 1 heterocycles. The number of thioether (sulfide) groups is 1. The first-order valence-corrected chi connectivity index (χ1v) is 11.0. The van der Waals surface area contributed by atoms with Gasteiger partial charge in [0.05, 0.1) is 9.83 Å². The number of aliphatic carboxylic acids is 1. The zero-order valence-corrected chi connectivity index (χ0v) is 18.4. The highest BCUT2D eigenvalue weighted by molar-refractivity contribution is 8.26. The molecule has 0 spiro atoms. The Kier molecular flexibility index (Phi) is 9.60. The van der Waals surface area contributed by atoms with Crippen molar-refractivity contribution in [2.45, 2.75) is 38.5 Å². The Labute approximate surface area is 189 Å². The van der Waals surface area contributed by atoms with Crippen molar-refractivity contribution >= 4 is 57.8 Å². The van der Waals surface area contributed by atoms with Gasteiger partial charge in [-0.1, -0.05) is 42.5 Å². The number of carbonyl (C=O) groups excluding carboxylic acids is 2. The molecular formula is C20H23N3O6S2. The van der Waals surface area contributed by atoms with Crippen LogP contribution < -0.4 is 5.32 Å². The van der Waals surface area contributed by atoms with Gasteiger partial charge in [0, 0.05) is 38.1 Å². The van der Waals surface area contributed by atoms with Gasteiger partial charge in [-0.2, -0.15) is 0 Å². The summed E-state index contributed by atoms with van der Waals surface area (Å²) in [4.78, 5) is 47.2. The van der Waals surface area contributed by atoms with E-state index in [1.807, 2.05) is 0 Å². The summed E-state index contributed by atoms with van der Waals surface area (Å²) < 4.78 is 0.389. The summed E-state index contributed by atoms with van der Waals surface area (Å²) in [6.07, 6.45) is 4.44. The molecule has 1 aromatic rings. The Balaban J connectivity index is 1.77. The second-order valence-corrected chi connectivity index (χ2v) is 8.52. The molecule has 9 nitrogen and oxygen atoms in total. The van der Waals surface area contributed by atoms with Gasteiger partial charge in [0.2, 0.25) is 5.91 Å². The van der Waals surface area contributed by atoms with Crippen LogP contribution in [0, 0.1) is 10.1 Å². The monoisotopic (exact) mass is 465 g/mol. The van der Waals surface area contributed by atoms with Crippen LogP contribution in [-0.2, 0) is 14.4 Å². The van der Waals surface area contributed by atoms with E-state index >= 15 is 0 Å². The van der Waals surface area contributed by atoms with Crippen LogP contribution in [0.15, 0.2) is 29.2 Å². The summed E-state index contributed by atoms with van der Waals surface area (Å²) in [5, 5.41) is 22.2. The first kappa shape index (κ1) is 24.5. The minimum Gasteiger partial charge on any atom is -0.481 e. The highest BCUT2D eigenvalue weighted by Crippen LogP contribution is 2.33. The molecule has 2 amide bonds. The Morgan fingerprint density at radius 3 is 2.71 bits per heavy atom. The number of nitrogens with zero attached hydrogens (tertiary/aromatic N) is 2. The van der Waals surface area contributed by atoms with E-state index in [2.05, 4.69) is 5.32 Å². The van der Waals surface area contributed by atoms with Gasteiger partial charge in [-0.15, -0.1) is 0 Å². The van der Waals surface area contributed by atoms with Crippen LogP contribution in [0.1, 0.15) is 44.1 Å². The van der Waals surface area contributed by atoms with E-state index in [0.717, 1.165) is 24.6 Å². The second kappa shape index (κ2) is 12.2. The summed E-state index contributed by atoms with van der Waals surface area (Å²) in [5.41, 5.74) is 0.481. The Morgan fingerprint density at radius 2 is 2.00 bits per heavy atom. The SMILES string of the molecule is O=C(O)CCCCCNC(=O)CCCN1C(=O)/C(=C/c2cccc([N+](=O)[O-])c2)SC1=S. The molecule has 31 heavy (non-hydrogen) atoms. The van der Waals surface area contributed by atoms with Gasteiger partial charge in [-0.25, -0.2) is 0 Å². The largest absolute Gasteiger partial charge is 0.481 e. The number of carbonyl (C=O) groups is 3. The van der Waals surface area contributed by atoms with E-state index < -0.39 is 10.9 Å². The highest BCUT2D eigenvalue weighted by atomic mass is 32.2. The minimum absolute atomic E-state index is 0.0582. The second-order valence-electron chi connectivity index (χ2n) is 6.84. The lowest BCUT2D eigenvalue weighted by molar-refractivity contribution is -0.384. The van der Waals surface area contributed by atoms with Crippen LogP contribution in [0.5, 0.6) is 0 Å². The zero-order valence-electron chi connectivity index (χ0n) is 16.7. The summed E-state index contributed by atoms with van der Waals surface area (Å²) in [6.45, 7) is 0.800. The molecule has 0 bridgehead atoms. The van der Waals surface area contributed by atoms with Crippen LogP contribution in [0.2, 0.25) is 0 Å². The standard InChI is InChI=1S/C20H23N3O6S2/c24-17(21-10-3-1-2-9-18(25)26)8-5-11-22-19(27)16(31-20(22)30)13-14-6-4-7-15(12-14)23(28)29/h4,6-7,12-13H,1-3,5,8-11H2,(H,21,24)(H,25,26)/b16-13-. The number of nitro groups is 1. The third kappa shape index (κ3) is 8.10. The van der Waals surface area contributed by atoms with Crippen LogP contribution in [0.25, 0.3) is 6.08 Å². The molecule has 166 valence electrons. The summed E-state index contributed by atoms with van der Waals surface area (Å²) in [5.74, 6) is -1.23. The number of rotatable bonds is 12. The Morgan fingerprint density at radius 1 is 1.23 bits per heavy atom. The molecule has 0 radical (unpaired) electrons. The van der Waals surface area contributed by atoms with Crippen LogP contribution in [0.3, 0.4) is 0 Å². The van der Waals surface area contributed by atoms with Crippen molar-refractivity contribution in [2.24, 2.45) is 0 Å². The number of hydrogen-bond donors (Lipinski definition) is 2. The number of carboxylic acid groups (broad SMARTS) is 1. The molecular weight excluding hydrogens is 442 g/mol. The maximum atomic E-state index is 12.6. The van der Waals surface area contributed by atoms with E-state index in [4.69, 9.17) is 17.3 Å². The number of non-ortho nitro benzene ring substituents is 1. The van der Waals surface area contributed by atoms with Gasteiger partial charge in [0.15, 0.2) is 0 Å². The third-order valence-corrected chi connectivity index (χ3v) is 5.81. The van der Waals surface area contributed by atoms with Gasteiger partial charge in [0.1, 0.15) is 4.32 Å². The molecule has 1 saturated heterocycles. The quantitative estimate of drug-likeness (QED) is 0.158. The number of carboxylic acids is 1. The van der Waals surface area contributed by atoms with Gasteiger partial charge < -0.3 is 10.4 Å². The van der Waals surface area contributed by atoms with E-state index in [1.165, 1.54) is 17.0 Å². The maximum Gasteiger partial charge on any atom is 0.303 e. The lowest BCUT2D eigenvalue weighted by atomic mass is 10.2. The van der Waals surface area contributed by atoms with Crippen LogP contribution in [0.4, 0.5) is 5.69 Å². The van der Waals surface area contributed by atoms with Crippen molar-refractivity contribution in [1.29, 1.82) is 0 Å². The van der Waals surface area contributed by atoms with E-state index in [-0.39, 0.29) is 30.3 Å². The molecule has 1 aromatic carbocycles. The molecule has 2 N–H and O–H groups in total. The molecule has 0 unspecified atom stereocenters. The van der Waals surface area contributed by atoms with E-state index in [1.54, 1.807) is 18.2 Å². The number of nitro benzene ring substituents is 1. The summed E-state index contributed by atoms with van der Waals surface area (Å²) >= 11 is 6.39. The number of unbranched alkanes of at least 4 members (excludes halogenated alkanes) is 2. The van der Waals surface area contributed by atoms with Gasteiger partial charge in [-0.05, 0) is 30.9 Å². The normalized spacial score (nSPS) is 14.8. The molecule has 0 aromatic heterocycles. The molecule has 0 saturated carbocycles. The smallest absolute Gasteiger partial charge is 0.303 e. The Hall–Kier alpha value is -2.79. The van der Waals surface area contributed by atoms with E-state index in [9.17, 15) is 24.5 Å². The summed E-state index contributed by atoms with van der Waals surface area (Å²) in [6, 6.07) is 5.99. The molecule has 1 fully saturated rings. The first-order chi connectivity index (χ1) is 14.8. The van der Waals surface area contributed by atoms with Crippen LogP contribution in [-0.4, -0.2) is 50.1 Å². The van der Waals surface area contributed by atoms with Crippen molar-refractivity contribution < 1.29 is 24.4 Å². The minimum atomic E-state index is -0.820. The summed E-state index contributed by atoms with van der Waals surface area (Å²) in [7, 11) is 0. The fourth-order valence-corrected chi connectivity index (χ4v) is 4.17. The van der Waals surface area contributed by atoms with Gasteiger partial charge >= 0.3 is 5.97 Å². The molecule has 2 rings (SSSR count). The zero-order chi connectivity index (χ0) is 22.8. The average Bonchev–Trinajstić information content (AvgIpc) is 2.97. The molecule has 1 aliphatic heterocycles. The fourth-order valence-electron chi connectivity index (χ4n) is 2.86. The number of benzene rings is 1. The lowest BCUT2D eigenvalue weighted by Crippen LogP contribution is -2.30. The topological polar surface area (TPSA) is 130 Å². The average molecular weight is 466 g/mol. The number of thiocarbonyl (C=S) groups is 1. The third-order valence-electron chi connectivity index (χ3n) is 4.43. The van der Waals surface area contributed by atoms with Crippen LogP contribution >= 0.6 is 24.0 Å². The van der Waals surface area contributed by atoms with Gasteiger partial charge in [-0.3, -0.25) is 29.4 Å². The van der Waals surface area contributed by atoms with Gasteiger partial charge in [0.25, 0.3) is 11.6 Å². The molecule has 0 aliphatic carbocycles. The number of hydrogen-bond acceptors (Lipinski definition) is 7. The lowest BCUT2D eigenvalue weighted by Gasteiger charge is -2.14. The van der Waals surface area contributed by atoms with E-state index in [0.29, 0.717) is 40.7 Å². The van der Waals surface area contributed by atoms with Crippen molar-refractivity contribution in [1.82, 2.24) is 10.2 Å². The highest BCUT2D eigenvalue weighted by Gasteiger charge is 2.31.